The van der Waals surface area contributed by atoms with E-state index in [1.807, 2.05) is 48.5 Å². The third-order valence-electron chi connectivity index (χ3n) is 8.12. The molecule has 1 unspecified atom stereocenters. The molecule has 2 heterocycles. The monoisotopic (exact) mass is 569 g/mol. The zero-order chi connectivity index (χ0) is 27.8. The van der Waals surface area contributed by atoms with Gasteiger partial charge in [-0.15, -0.1) is 18.7 Å². The van der Waals surface area contributed by atoms with Gasteiger partial charge in [-0.3, -0.25) is 4.84 Å². The molecule has 0 radical (unpaired) electrons. The van der Waals surface area contributed by atoms with Gasteiger partial charge in [0.15, 0.2) is 5.34 Å². The third kappa shape index (κ3) is 6.46. The van der Waals surface area contributed by atoms with Gasteiger partial charge in [0.2, 0.25) is 0 Å². The van der Waals surface area contributed by atoms with E-state index in [0.29, 0.717) is 12.1 Å². The van der Waals surface area contributed by atoms with Gasteiger partial charge >= 0.3 is 0 Å². The van der Waals surface area contributed by atoms with Crippen LogP contribution in [-0.4, -0.2) is 11.2 Å². The SMILES string of the molecule is CCP1[C@@H](c2ccccc2)CC[C@]1(O[N+](=O)[O-])c1ccccc1.c1ccc([C@H]2CC[C@H](c3ccccc3)P2)cc1. The minimum atomic E-state index is -0.782. The number of hydrogen-bond acceptors (Lipinski definition) is 3. The molecular formula is C34H37NO3P2. The van der Waals surface area contributed by atoms with Crippen LogP contribution >= 0.6 is 16.5 Å². The van der Waals surface area contributed by atoms with Crippen molar-refractivity contribution >= 4 is 16.5 Å². The maximum absolute atomic E-state index is 11.2. The fourth-order valence-corrected chi connectivity index (χ4v) is 11.7. The Balaban J connectivity index is 0.000000168. The van der Waals surface area contributed by atoms with Gasteiger partial charge in [0.1, 0.15) is 0 Å². The minimum Gasteiger partial charge on any atom is -0.298 e. The summed E-state index contributed by atoms with van der Waals surface area (Å²) in [4.78, 5) is 16.6. The molecule has 0 amide bonds. The Hall–Kier alpha value is -3.06. The van der Waals surface area contributed by atoms with Crippen molar-refractivity contribution in [2.75, 3.05) is 6.16 Å². The Morgan fingerprint density at radius 3 is 1.65 bits per heavy atom. The molecule has 4 aromatic rings. The second-order valence-electron chi connectivity index (χ2n) is 10.4. The summed E-state index contributed by atoms with van der Waals surface area (Å²) in [7, 11) is 0.343. The maximum atomic E-state index is 11.2. The van der Waals surface area contributed by atoms with E-state index >= 15 is 0 Å². The fourth-order valence-electron chi connectivity index (χ4n) is 6.30. The van der Waals surface area contributed by atoms with Crippen molar-refractivity contribution in [2.24, 2.45) is 0 Å². The van der Waals surface area contributed by atoms with Gasteiger partial charge < -0.3 is 0 Å². The first-order valence-electron chi connectivity index (χ1n) is 14.2. The van der Waals surface area contributed by atoms with Gasteiger partial charge in [0, 0.05) is 17.0 Å². The van der Waals surface area contributed by atoms with Crippen molar-refractivity contribution in [1.29, 1.82) is 0 Å². The van der Waals surface area contributed by atoms with Crippen molar-refractivity contribution < 1.29 is 9.92 Å². The number of benzene rings is 4. The van der Waals surface area contributed by atoms with Gasteiger partial charge in [-0.25, -0.2) is 0 Å². The molecule has 2 aliphatic rings. The Kier molecular flexibility index (Phi) is 9.63. The molecule has 0 aromatic heterocycles. The molecule has 0 bridgehead atoms. The molecule has 5 atom stereocenters. The van der Waals surface area contributed by atoms with Crippen LogP contribution in [0.2, 0.25) is 0 Å². The van der Waals surface area contributed by atoms with E-state index in [1.165, 1.54) is 29.5 Å². The average molecular weight is 570 g/mol. The highest BCUT2D eigenvalue weighted by atomic mass is 31.1. The summed E-state index contributed by atoms with van der Waals surface area (Å²) in [6.07, 6.45) is 5.21. The lowest BCUT2D eigenvalue weighted by Crippen LogP contribution is -2.28. The molecule has 6 heteroatoms. The van der Waals surface area contributed by atoms with Crippen LogP contribution in [0.3, 0.4) is 0 Å². The highest BCUT2D eigenvalue weighted by molar-refractivity contribution is 7.59. The predicted molar refractivity (Wildman–Crippen MR) is 168 cm³/mol. The van der Waals surface area contributed by atoms with Crippen molar-refractivity contribution in [2.45, 2.75) is 54.9 Å². The molecule has 2 aliphatic heterocycles. The summed E-state index contributed by atoms with van der Waals surface area (Å²) in [6.45, 7) is 2.12. The maximum Gasteiger partial charge on any atom is 0.295 e. The molecule has 4 aromatic carbocycles. The largest absolute Gasteiger partial charge is 0.298 e. The van der Waals surface area contributed by atoms with Gasteiger partial charge in [-0.1, -0.05) is 136 Å². The zero-order valence-corrected chi connectivity index (χ0v) is 24.8. The Bertz CT molecular complexity index is 1300. The molecule has 206 valence electrons. The average Bonchev–Trinajstić information content (AvgIpc) is 3.65. The summed E-state index contributed by atoms with van der Waals surface area (Å²) in [6, 6.07) is 42.0. The standard InChI is InChI=1S/C18H20NO3P.C16H17P/c1-2-23-17(15-9-5-3-6-10-15)13-14-18(23,22-19(20)21)16-11-7-4-8-12-16;1-3-7-13(8-4-1)15-11-12-16(17-15)14-9-5-2-6-10-14/h3-12,17H,2,13-14H2,1H3;1-10,15-17H,11-12H2/t17-,18-,23?;15-,16-/m11/s1. The van der Waals surface area contributed by atoms with Crippen LogP contribution in [0.4, 0.5) is 0 Å². The molecule has 0 N–H and O–H groups in total. The lowest BCUT2D eigenvalue weighted by molar-refractivity contribution is -0.776. The zero-order valence-electron chi connectivity index (χ0n) is 22.9. The van der Waals surface area contributed by atoms with E-state index in [-0.39, 0.29) is 0 Å². The Morgan fingerprint density at radius 1 is 0.750 bits per heavy atom. The molecule has 0 saturated carbocycles. The molecule has 0 aliphatic carbocycles. The summed E-state index contributed by atoms with van der Waals surface area (Å²) in [5.74, 6) is 0. The molecule has 6 rings (SSSR count). The van der Waals surface area contributed by atoms with Gasteiger partial charge in [0.05, 0.1) is 0 Å². The molecule has 0 spiro atoms. The lowest BCUT2D eigenvalue weighted by Gasteiger charge is -2.35. The molecular weight excluding hydrogens is 532 g/mol. The van der Waals surface area contributed by atoms with Crippen LogP contribution in [0.5, 0.6) is 0 Å². The van der Waals surface area contributed by atoms with E-state index < -0.39 is 18.4 Å². The lowest BCUT2D eigenvalue weighted by atomic mass is 10.0. The van der Waals surface area contributed by atoms with E-state index in [1.54, 1.807) is 0 Å². The van der Waals surface area contributed by atoms with Crippen LogP contribution in [-0.2, 0) is 10.2 Å². The van der Waals surface area contributed by atoms with Crippen molar-refractivity contribution in [1.82, 2.24) is 0 Å². The number of rotatable bonds is 7. The predicted octanol–water partition coefficient (Wildman–Crippen LogP) is 10.0. The summed E-state index contributed by atoms with van der Waals surface area (Å²) >= 11 is 0. The first kappa shape index (κ1) is 28.5. The summed E-state index contributed by atoms with van der Waals surface area (Å²) < 4.78 is 0. The van der Waals surface area contributed by atoms with Crippen molar-refractivity contribution in [3.63, 3.8) is 0 Å². The quantitative estimate of drug-likeness (QED) is 0.126. The highest BCUT2D eigenvalue weighted by Crippen LogP contribution is 2.73. The Morgan fingerprint density at radius 2 is 1.20 bits per heavy atom. The van der Waals surface area contributed by atoms with Crippen molar-refractivity contribution in [3.8, 4) is 0 Å². The molecule has 4 nitrogen and oxygen atoms in total. The molecule has 2 saturated heterocycles. The number of nitrogens with zero attached hydrogens (tertiary/aromatic N) is 1. The molecule has 40 heavy (non-hydrogen) atoms. The number of hydrogen-bond donors (Lipinski definition) is 0. The second kappa shape index (κ2) is 13.5. The first-order valence-corrected chi connectivity index (χ1v) is 16.9. The third-order valence-corrected chi connectivity index (χ3v) is 13.7. The van der Waals surface area contributed by atoms with Crippen LogP contribution in [0, 0.1) is 10.1 Å². The summed E-state index contributed by atoms with van der Waals surface area (Å²) in [5, 5.41) is 9.84. The van der Waals surface area contributed by atoms with Crippen LogP contribution in [0.15, 0.2) is 121 Å². The van der Waals surface area contributed by atoms with Crippen LogP contribution < -0.4 is 0 Å². The van der Waals surface area contributed by atoms with E-state index in [4.69, 9.17) is 4.84 Å². The second-order valence-corrected chi connectivity index (χ2v) is 15.0. The molecule has 2 fully saturated rings. The van der Waals surface area contributed by atoms with Gasteiger partial charge in [0.25, 0.3) is 5.09 Å². The van der Waals surface area contributed by atoms with Crippen LogP contribution in [0.25, 0.3) is 0 Å². The van der Waals surface area contributed by atoms with E-state index in [2.05, 4.69) is 79.7 Å². The topological polar surface area (TPSA) is 52.4 Å². The van der Waals surface area contributed by atoms with Crippen LogP contribution in [0.1, 0.15) is 71.8 Å². The minimum absolute atomic E-state index is 0.344. The highest BCUT2D eigenvalue weighted by Gasteiger charge is 2.51. The normalized spacial score (nSPS) is 25.5. The van der Waals surface area contributed by atoms with Gasteiger partial charge in [-0.2, -0.15) is 0 Å². The smallest absolute Gasteiger partial charge is 0.295 e. The Labute approximate surface area is 240 Å². The van der Waals surface area contributed by atoms with Gasteiger partial charge in [-0.05, 0) is 54.1 Å². The van der Waals surface area contributed by atoms with E-state index in [9.17, 15) is 10.1 Å². The van der Waals surface area contributed by atoms with Crippen molar-refractivity contribution in [3.05, 3.63) is 154 Å². The fraction of sp³-hybridized carbons (Fsp3) is 0.294. The van der Waals surface area contributed by atoms with E-state index in [0.717, 1.165) is 38.0 Å². The first-order chi connectivity index (χ1) is 19.6. The summed E-state index contributed by atoms with van der Waals surface area (Å²) in [5.41, 5.74) is 7.20.